The van der Waals surface area contributed by atoms with Crippen LogP contribution in [0.15, 0.2) is 42.5 Å². The van der Waals surface area contributed by atoms with Crippen molar-refractivity contribution in [3.8, 4) is 0 Å². The molecule has 4 heteroatoms. The second-order valence-electron chi connectivity index (χ2n) is 9.71. The number of carbonyl (C=O) groups excluding carboxylic acids is 1. The predicted octanol–water partition coefficient (Wildman–Crippen LogP) is 6.12. The topological polar surface area (TPSA) is 55.8 Å². The average Bonchev–Trinajstić information content (AvgIpc) is 3.07. The summed E-state index contributed by atoms with van der Waals surface area (Å²) in [5.74, 6) is 1.59. The Balaban J connectivity index is 1.75. The minimum absolute atomic E-state index is 0.0397. The molecule has 32 heavy (non-hydrogen) atoms. The van der Waals surface area contributed by atoms with Crippen LogP contribution in [0.25, 0.3) is 0 Å². The van der Waals surface area contributed by atoms with Crippen LogP contribution < -0.4 is 0 Å². The van der Waals surface area contributed by atoms with E-state index in [1.165, 1.54) is 5.56 Å². The highest BCUT2D eigenvalue weighted by molar-refractivity contribution is 5.69. The molecule has 5 atom stereocenters. The summed E-state index contributed by atoms with van der Waals surface area (Å²) in [7, 11) is 1.82. The normalized spacial score (nSPS) is 24.3. The SMILES string of the molecule is COC1CC(C)C(CCC(O)CCc2ccccc2)C1CC=CCCCC(=O)OC(C)C. The third-order valence-corrected chi connectivity index (χ3v) is 6.80. The molecule has 5 unspecified atom stereocenters. The Morgan fingerprint density at radius 1 is 1.16 bits per heavy atom. The van der Waals surface area contributed by atoms with Gasteiger partial charge in [0.2, 0.25) is 0 Å². The van der Waals surface area contributed by atoms with E-state index in [2.05, 4.69) is 43.3 Å². The van der Waals surface area contributed by atoms with E-state index in [1.54, 1.807) is 0 Å². The standard InChI is InChI=1S/C28H44O4/c1-21(2)32-28(30)15-11-6-5-10-14-26-25(22(3)20-27(26)31-4)19-18-24(29)17-16-23-12-8-7-9-13-23/h5,7-10,12-13,21-22,24-27,29H,6,11,14-20H2,1-4H3. The molecule has 0 aliphatic heterocycles. The fourth-order valence-corrected chi connectivity index (χ4v) is 5.07. The monoisotopic (exact) mass is 444 g/mol. The summed E-state index contributed by atoms with van der Waals surface area (Å²) < 4.78 is 11.0. The number of carbonyl (C=O) groups is 1. The summed E-state index contributed by atoms with van der Waals surface area (Å²) in [6.07, 6.45) is 12.4. The van der Waals surface area contributed by atoms with E-state index in [1.807, 2.05) is 27.0 Å². The number of aliphatic hydroxyl groups excluding tert-OH is 1. The Bertz CT molecular complexity index is 669. The van der Waals surface area contributed by atoms with Crippen molar-refractivity contribution >= 4 is 5.97 Å². The number of aryl methyl sites for hydroxylation is 1. The number of allylic oxidation sites excluding steroid dienone is 2. The Labute approximate surface area is 195 Å². The molecule has 2 rings (SSSR count). The number of hydrogen-bond donors (Lipinski definition) is 1. The van der Waals surface area contributed by atoms with E-state index in [4.69, 9.17) is 9.47 Å². The molecule has 1 aromatic rings. The molecule has 4 nitrogen and oxygen atoms in total. The molecule has 0 heterocycles. The van der Waals surface area contributed by atoms with E-state index in [0.717, 1.165) is 51.4 Å². The van der Waals surface area contributed by atoms with Gasteiger partial charge in [-0.05, 0) is 88.5 Å². The second kappa shape index (κ2) is 14.5. The lowest BCUT2D eigenvalue weighted by molar-refractivity contribution is -0.147. The van der Waals surface area contributed by atoms with Gasteiger partial charge in [0.05, 0.1) is 18.3 Å². The lowest BCUT2D eigenvalue weighted by Gasteiger charge is -2.25. The summed E-state index contributed by atoms with van der Waals surface area (Å²) in [6.45, 7) is 6.09. The van der Waals surface area contributed by atoms with E-state index < -0.39 is 0 Å². The van der Waals surface area contributed by atoms with Gasteiger partial charge in [-0.2, -0.15) is 0 Å². The van der Waals surface area contributed by atoms with Gasteiger partial charge in [-0.25, -0.2) is 0 Å². The van der Waals surface area contributed by atoms with Gasteiger partial charge in [0.15, 0.2) is 0 Å². The van der Waals surface area contributed by atoms with Crippen LogP contribution in [0.5, 0.6) is 0 Å². The van der Waals surface area contributed by atoms with Crippen molar-refractivity contribution in [1.82, 2.24) is 0 Å². The molecule has 1 aliphatic rings. The minimum Gasteiger partial charge on any atom is -0.463 e. The zero-order valence-corrected chi connectivity index (χ0v) is 20.5. The first-order valence-corrected chi connectivity index (χ1v) is 12.5. The van der Waals surface area contributed by atoms with Crippen molar-refractivity contribution < 1.29 is 19.4 Å². The highest BCUT2D eigenvalue weighted by Crippen LogP contribution is 2.43. The largest absolute Gasteiger partial charge is 0.463 e. The van der Waals surface area contributed by atoms with E-state index in [0.29, 0.717) is 30.3 Å². The van der Waals surface area contributed by atoms with Gasteiger partial charge in [0, 0.05) is 13.5 Å². The Morgan fingerprint density at radius 2 is 1.91 bits per heavy atom. The molecule has 1 aromatic carbocycles. The van der Waals surface area contributed by atoms with Gasteiger partial charge in [-0.15, -0.1) is 0 Å². The zero-order chi connectivity index (χ0) is 23.3. The fourth-order valence-electron chi connectivity index (χ4n) is 5.07. The van der Waals surface area contributed by atoms with Crippen LogP contribution in [0.2, 0.25) is 0 Å². The molecule has 180 valence electrons. The molecular formula is C28H44O4. The summed E-state index contributed by atoms with van der Waals surface area (Å²) in [6, 6.07) is 10.4. The number of esters is 1. The van der Waals surface area contributed by atoms with Crippen molar-refractivity contribution in [2.75, 3.05) is 7.11 Å². The number of benzene rings is 1. The summed E-state index contributed by atoms with van der Waals surface area (Å²) in [4.78, 5) is 11.6. The molecule has 1 saturated carbocycles. The van der Waals surface area contributed by atoms with Gasteiger partial charge < -0.3 is 14.6 Å². The first-order chi connectivity index (χ1) is 15.4. The zero-order valence-electron chi connectivity index (χ0n) is 20.5. The lowest BCUT2D eigenvalue weighted by atomic mass is 9.83. The molecule has 0 radical (unpaired) electrons. The van der Waals surface area contributed by atoms with E-state index in [9.17, 15) is 9.90 Å². The second-order valence-corrected chi connectivity index (χ2v) is 9.71. The van der Waals surface area contributed by atoms with Crippen LogP contribution in [0.4, 0.5) is 0 Å². The molecule has 1 fully saturated rings. The highest BCUT2D eigenvalue weighted by Gasteiger charge is 2.40. The van der Waals surface area contributed by atoms with Crippen molar-refractivity contribution in [2.45, 2.75) is 96.9 Å². The molecule has 0 amide bonds. The highest BCUT2D eigenvalue weighted by atomic mass is 16.5. The molecule has 1 N–H and O–H groups in total. The third-order valence-electron chi connectivity index (χ3n) is 6.80. The van der Waals surface area contributed by atoms with Gasteiger partial charge in [0.25, 0.3) is 0 Å². The average molecular weight is 445 g/mol. The number of ether oxygens (including phenoxy) is 2. The van der Waals surface area contributed by atoms with Gasteiger partial charge in [0.1, 0.15) is 0 Å². The first kappa shape index (κ1) is 26.6. The molecule has 0 aromatic heterocycles. The van der Waals surface area contributed by atoms with Crippen LogP contribution in [-0.4, -0.2) is 36.5 Å². The quantitative estimate of drug-likeness (QED) is 0.213. The summed E-state index contributed by atoms with van der Waals surface area (Å²) in [5.41, 5.74) is 1.29. The number of methoxy groups -OCH3 is 1. The third kappa shape index (κ3) is 9.46. The molecule has 0 saturated heterocycles. The number of unbranched alkanes of at least 4 members (excludes halogenated alkanes) is 1. The van der Waals surface area contributed by atoms with Crippen molar-refractivity contribution in [2.24, 2.45) is 17.8 Å². The Kier molecular flexibility index (Phi) is 12.0. The molecule has 1 aliphatic carbocycles. The Morgan fingerprint density at radius 3 is 2.59 bits per heavy atom. The van der Waals surface area contributed by atoms with E-state index >= 15 is 0 Å². The number of hydrogen-bond acceptors (Lipinski definition) is 4. The first-order valence-electron chi connectivity index (χ1n) is 12.5. The number of rotatable bonds is 14. The summed E-state index contributed by atoms with van der Waals surface area (Å²) in [5, 5.41) is 10.6. The lowest BCUT2D eigenvalue weighted by Crippen LogP contribution is -2.22. The maximum atomic E-state index is 11.6. The fraction of sp³-hybridized carbons (Fsp3) is 0.679. The van der Waals surface area contributed by atoms with E-state index in [-0.39, 0.29) is 18.2 Å². The van der Waals surface area contributed by atoms with Crippen molar-refractivity contribution in [3.05, 3.63) is 48.0 Å². The van der Waals surface area contributed by atoms with Crippen LogP contribution in [0, 0.1) is 17.8 Å². The van der Waals surface area contributed by atoms with Gasteiger partial charge in [-0.3, -0.25) is 4.79 Å². The molecule has 0 bridgehead atoms. The van der Waals surface area contributed by atoms with Crippen LogP contribution in [0.3, 0.4) is 0 Å². The maximum absolute atomic E-state index is 11.6. The van der Waals surface area contributed by atoms with Crippen LogP contribution >= 0.6 is 0 Å². The van der Waals surface area contributed by atoms with Gasteiger partial charge in [-0.1, -0.05) is 49.4 Å². The molecule has 0 spiro atoms. The predicted molar refractivity (Wildman–Crippen MR) is 130 cm³/mol. The minimum atomic E-state index is -0.245. The maximum Gasteiger partial charge on any atom is 0.306 e. The smallest absolute Gasteiger partial charge is 0.306 e. The van der Waals surface area contributed by atoms with Crippen LogP contribution in [-0.2, 0) is 20.7 Å². The van der Waals surface area contributed by atoms with Gasteiger partial charge >= 0.3 is 5.97 Å². The van der Waals surface area contributed by atoms with Crippen LogP contribution in [0.1, 0.15) is 77.7 Å². The summed E-state index contributed by atoms with van der Waals surface area (Å²) >= 11 is 0. The van der Waals surface area contributed by atoms with Crippen molar-refractivity contribution in [1.29, 1.82) is 0 Å². The molecular weight excluding hydrogens is 400 g/mol. The van der Waals surface area contributed by atoms with Crippen molar-refractivity contribution in [3.63, 3.8) is 0 Å². The number of aliphatic hydroxyl groups is 1. The Hall–Kier alpha value is -1.65.